The van der Waals surface area contributed by atoms with E-state index in [9.17, 15) is 0 Å². The van der Waals surface area contributed by atoms with Gasteiger partial charge in [-0.3, -0.25) is 4.98 Å². The first-order valence-electron chi connectivity index (χ1n) is 5.55. The number of hydrogen-bond acceptors (Lipinski definition) is 2. The van der Waals surface area contributed by atoms with Crippen molar-refractivity contribution in [3.05, 3.63) is 24.0 Å². The van der Waals surface area contributed by atoms with Gasteiger partial charge in [0.2, 0.25) is 0 Å². The average molecular weight is 204 g/mol. The Hall–Kier alpha value is -1.05. The molecule has 0 N–H and O–H groups in total. The van der Waals surface area contributed by atoms with Crippen molar-refractivity contribution in [1.29, 1.82) is 0 Å². The molecule has 0 saturated heterocycles. The number of nitrogens with zero attached hydrogens (tertiary/aromatic N) is 2. The van der Waals surface area contributed by atoms with Gasteiger partial charge in [0.15, 0.2) is 0 Å². The van der Waals surface area contributed by atoms with Crippen LogP contribution in [0.1, 0.15) is 40.3 Å². The van der Waals surface area contributed by atoms with Crippen LogP contribution in [0.3, 0.4) is 0 Å². The molecule has 0 aromatic carbocycles. The fourth-order valence-corrected chi connectivity index (χ4v) is 2.29. The number of pyridine rings is 1. The molecule has 2 nitrogen and oxygen atoms in total. The molecule has 1 aliphatic rings. The van der Waals surface area contributed by atoms with E-state index in [1.165, 1.54) is 11.4 Å². The van der Waals surface area contributed by atoms with Crippen molar-refractivity contribution in [3.63, 3.8) is 0 Å². The van der Waals surface area contributed by atoms with Crippen LogP contribution in [0.25, 0.3) is 0 Å². The van der Waals surface area contributed by atoms with Crippen LogP contribution >= 0.6 is 0 Å². The minimum absolute atomic E-state index is 0.171. The van der Waals surface area contributed by atoms with E-state index in [0.29, 0.717) is 0 Å². The smallest absolute Gasteiger partial charge is 0.0710 e. The normalized spacial score (nSPS) is 19.1. The molecule has 0 radical (unpaired) electrons. The molecule has 0 bridgehead atoms. The highest BCUT2D eigenvalue weighted by molar-refractivity contribution is 5.60. The van der Waals surface area contributed by atoms with Crippen LogP contribution in [-0.2, 0) is 5.41 Å². The summed E-state index contributed by atoms with van der Waals surface area (Å²) in [5.41, 5.74) is 2.88. The summed E-state index contributed by atoms with van der Waals surface area (Å²) in [7, 11) is 0. The fraction of sp³-hybridized carbons (Fsp3) is 0.615. The summed E-state index contributed by atoms with van der Waals surface area (Å²) in [5.74, 6) is 0. The minimum Gasteiger partial charge on any atom is -0.364 e. The van der Waals surface area contributed by atoms with E-state index in [1.807, 2.05) is 12.3 Å². The first-order valence-corrected chi connectivity index (χ1v) is 5.55. The topological polar surface area (TPSA) is 16.1 Å². The first-order chi connectivity index (χ1) is 6.82. The molecule has 1 aliphatic heterocycles. The van der Waals surface area contributed by atoms with Crippen LogP contribution in [0.4, 0.5) is 5.69 Å². The Labute approximate surface area is 92.3 Å². The third-order valence-corrected chi connectivity index (χ3v) is 3.08. The van der Waals surface area contributed by atoms with E-state index in [1.54, 1.807) is 0 Å². The van der Waals surface area contributed by atoms with Gasteiger partial charge in [-0.1, -0.05) is 13.8 Å². The molecule has 2 heterocycles. The second-order valence-corrected chi connectivity index (χ2v) is 6.01. The second-order valence-electron chi connectivity index (χ2n) is 6.01. The zero-order valence-electron chi connectivity index (χ0n) is 10.3. The van der Waals surface area contributed by atoms with Gasteiger partial charge in [0.25, 0.3) is 0 Å². The molecule has 0 saturated carbocycles. The lowest BCUT2D eigenvalue weighted by Crippen LogP contribution is -2.42. The van der Waals surface area contributed by atoms with Gasteiger partial charge in [-0.05, 0) is 32.9 Å². The van der Waals surface area contributed by atoms with Gasteiger partial charge in [-0.25, -0.2) is 0 Å². The van der Waals surface area contributed by atoms with Crippen LogP contribution in [-0.4, -0.2) is 17.1 Å². The highest BCUT2D eigenvalue weighted by Crippen LogP contribution is 2.41. The quantitative estimate of drug-likeness (QED) is 0.646. The number of rotatable bonds is 0. The lowest BCUT2D eigenvalue weighted by Gasteiger charge is -2.35. The second kappa shape index (κ2) is 2.97. The summed E-state index contributed by atoms with van der Waals surface area (Å²) in [6.07, 6.45) is 1.90. The highest BCUT2D eigenvalue weighted by atomic mass is 15.2. The Morgan fingerprint density at radius 2 is 2.00 bits per heavy atom. The van der Waals surface area contributed by atoms with Crippen molar-refractivity contribution in [3.8, 4) is 0 Å². The Balaban J connectivity index is 2.52. The zero-order chi connectivity index (χ0) is 11.3. The van der Waals surface area contributed by atoms with Crippen molar-refractivity contribution in [2.75, 3.05) is 11.4 Å². The summed E-state index contributed by atoms with van der Waals surface area (Å²) in [4.78, 5) is 6.99. The first kappa shape index (κ1) is 10.5. The lowest BCUT2D eigenvalue weighted by atomic mass is 9.91. The maximum absolute atomic E-state index is 4.53. The number of aromatic nitrogens is 1. The van der Waals surface area contributed by atoms with Gasteiger partial charge in [-0.15, -0.1) is 0 Å². The molecular weight excluding hydrogens is 184 g/mol. The minimum atomic E-state index is 0.171. The van der Waals surface area contributed by atoms with Crippen molar-refractivity contribution in [2.45, 2.75) is 45.6 Å². The Morgan fingerprint density at radius 3 is 2.60 bits per heavy atom. The molecule has 0 atom stereocenters. The molecule has 1 aromatic rings. The molecule has 0 fully saturated rings. The Bertz CT molecular complexity index is 374. The summed E-state index contributed by atoms with van der Waals surface area (Å²) in [5, 5.41) is 0. The van der Waals surface area contributed by atoms with Gasteiger partial charge < -0.3 is 4.90 Å². The molecular formula is C13H20N2. The van der Waals surface area contributed by atoms with E-state index in [2.05, 4.69) is 50.6 Å². The maximum Gasteiger partial charge on any atom is 0.0710 e. The van der Waals surface area contributed by atoms with Crippen LogP contribution in [0.15, 0.2) is 18.3 Å². The van der Waals surface area contributed by atoms with Crippen molar-refractivity contribution < 1.29 is 0 Å². The SMILES string of the molecule is CC1(C)CN(C(C)(C)C)c2cccnc21. The summed E-state index contributed by atoms with van der Waals surface area (Å²) in [6, 6.07) is 4.21. The monoisotopic (exact) mass is 204 g/mol. The largest absolute Gasteiger partial charge is 0.364 e. The van der Waals surface area contributed by atoms with Crippen molar-refractivity contribution in [2.24, 2.45) is 0 Å². The molecule has 0 unspecified atom stereocenters. The van der Waals surface area contributed by atoms with E-state index < -0.39 is 0 Å². The van der Waals surface area contributed by atoms with Gasteiger partial charge in [0.1, 0.15) is 0 Å². The standard InChI is InChI=1S/C13H20N2/c1-12(2,3)15-9-13(4,5)11-10(15)7-6-8-14-11/h6-8H,9H2,1-5H3. The molecule has 1 aromatic heterocycles. The summed E-state index contributed by atoms with van der Waals surface area (Å²) in [6.45, 7) is 12.4. The molecule has 0 spiro atoms. The van der Waals surface area contributed by atoms with Crippen molar-refractivity contribution >= 4 is 5.69 Å². The van der Waals surface area contributed by atoms with Crippen LogP contribution in [0, 0.1) is 0 Å². The zero-order valence-corrected chi connectivity index (χ0v) is 10.3. The van der Waals surface area contributed by atoms with Crippen LogP contribution in [0.2, 0.25) is 0 Å². The van der Waals surface area contributed by atoms with Crippen molar-refractivity contribution in [1.82, 2.24) is 4.98 Å². The molecule has 0 aliphatic carbocycles. The summed E-state index contributed by atoms with van der Waals surface area (Å²) >= 11 is 0. The third-order valence-electron chi connectivity index (χ3n) is 3.08. The predicted molar refractivity (Wildman–Crippen MR) is 64.4 cm³/mol. The molecule has 15 heavy (non-hydrogen) atoms. The van der Waals surface area contributed by atoms with Gasteiger partial charge in [0, 0.05) is 23.7 Å². The molecule has 2 heteroatoms. The average Bonchev–Trinajstić information content (AvgIpc) is 2.39. The fourth-order valence-electron chi connectivity index (χ4n) is 2.29. The van der Waals surface area contributed by atoms with Crippen LogP contribution < -0.4 is 4.90 Å². The molecule has 2 rings (SSSR count). The van der Waals surface area contributed by atoms with Gasteiger partial charge >= 0.3 is 0 Å². The van der Waals surface area contributed by atoms with E-state index in [4.69, 9.17) is 0 Å². The van der Waals surface area contributed by atoms with Crippen LogP contribution in [0.5, 0.6) is 0 Å². The van der Waals surface area contributed by atoms with E-state index in [0.717, 1.165) is 6.54 Å². The predicted octanol–water partition coefficient (Wildman–Crippen LogP) is 2.98. The molecule has 0 amide bonds. The third kappa shape index (κ3) is 1.62. The number of hydrogen-bond donors (Lipinski definition) is 0. The van der Waals surface area contributed by atoms with E-state index >= 15 is 0 Å². The number of anilines is 1. The Kier molecular flexibility index (Phi) is 2.07. The Morgan fingerprint density at radius 1 is 1.33 bits per heavy atom. The summed E-state index contributed by atoms with van der Waals surface area (Å²) < 4.78 is 0. The molecule has 82 valence electrons. The maximum atomic E-state index is 4.53. The van der Waals surface area contributed by atoms with E-state index in [-0.39, 0.29) is 11.0 Å². The lowest BCUT2D eigenvalue weighted by molar-refractivity contribution is 0.456. The number of fused-ring (bicyclic) bond motifs is 1. The van der Waals surface area contributed by atoms with Gasteiger partial charge in [-0.2, -0.15) is 0 Å². The highest BCUT2D eigenvalue weighted by Gasteiger charge is 2.40. The van der Waals surface area contributed by atoms with Gasteiger partial charge in [0.05, 0.1) is 11.4 Å².